The first-order chi connectivity index (χ1) is 10.0. The van der Waals surface area contributed by atoms with Gasteiger partial charge in [-0.2, -0.15) is 0 Å². The maximum Gasteiger partial charge on any atom is 0.279 e. The highest BCUT2D eigenvalue weighted by atomic mass is 79.9. The molecule has 5 nitrogen and oxygen atoms in total. The van der Waals surface area contributed by atoms with E-state index in [0.29, 0.717) is 20.7 Å². The molecule has 0 fully saturated rings. The minimum absolute atomic E-state index is 0.363. The van der Waals surface area contributed by atoms with Crippen molar-refractivity contribution in [2.24, 2.45) is 0 Å². The molecule has 1 aromatic carbocycles. The number of hydrazine groups is 1. The topological polar surface area (TPSA) is 67.4 Å². The fourth-order valence-corrected chi connectivity index (χ4v) is 3.19. The van der Waals surface area contributed by atoms with Crippen molar-refractivity contribution in [2.45, 2.75) is 0 Å². The summed E-state index contributed by atoms with van der Waals surface area (Å²) in [7, 11) is 1.52. The lowest BCUT2D eigenvalue weighted by Gasteiger charge is -2.09. The Bertz CT molecular complexity index is 688. The minimum atomic E-state index is -0.440. The van der Waals surface area contributed by atoms with Crippen LogP contribution >= 0.6 is 43.2 Å². The van der Waals surface area contributed by atoms with Gasteiger partial charge in [0.15, 0.2) is 0 Å². The molecule has 110 valence electrons. The van der Waals surface area contributed by atoms with Gasteiger partial charge in [0.2, 0.25) is 0 Å². The Morgan fingerprint density at radius 2 is 1.81 bits per heavy atom. The Hall–Kier alpha value is -1.38. The predicted molar refractivity (Wildman–Crippen MR) is 87.6 cm³/mol. The van der Waals surface area contributed by atoms with Crippen LogP contribution in [0.25, 0.3) is 0 Å². The highest BCUT2D eigenvalue weighted by Gasteiger charge is 2.14. The van der Waals surface area contributed by atoms with E-state index in [-0.39, 0.29) is 5.91 Å². The zero-order chi connectivity index (χ0) is 15.4. The maximum atomic E-state index is 12.1. The molecule has 1 aromatic heterocycles. The van der Waals surface area contributed by atoms with Gasteiger partial charge in [0.25, 0.3) is 11.8 Å². The number of rotatable bonds is 3. The van der Waals surface area contributed by atoms with Crippen LogP contribution in [0.1, 0.15) is 20.0 Å². The summed E-state index contributed by atoms with van der Waals surface area (Å²) in [6.45, 7) is 0. The maximum absolute atomic E-state index is 12.1. The number of carbonyl (C=O) groups is 2. The lowest BCUT2D eigenvalue weighted by atomic mass is 10.2. The molecule has 2 aromatic rings. The van der Waals surface area contributed by atoms with Crippen molar-refractivity contribution in [3.05, 3.63) is 49.0 Å². The molecule has 0 saturated carbocycles. The summed E-state index contributed by atoms with van der Waals surface area (Å²) in [5.74, 6) is -0.264. The second-order valence-electron chi connectivity index (χ2n) is 3.86. The van der Waals surface area contributed by atoms with Crippen LogP contribution in [0.5, 0.6) is 5.75 Å². The number of thiophene rings is 1. The van der Waals surface area contributed by atoms with Crippen LogP contribution in [-0.4, -0.2) is 18.9 Å². The highest BCUT2D eigenvalue weighted by molar-refractivity contribution is 9.11. The average Bonchev–Trinajstić information content (AvgIpc) is 2.91. The van der Waals surface area contributed by atoms with Crippen molar-refractivity contribution in [3.63, 3.8) is 0 Å². The summed E-state index contributed by atoms with van der Waals surface area (Å²) in [6.07, 6.45) is 0. The summed E-state index contributed by atoms with van der Waals surface area (Å²) in [5.41, 5.74) is 5.09. The van der Waals surface area contributed by atoms with Gasteiger partial charge in [0.05, 0.1) is 21.3 Å². The normalized spacial score (nSPS) is 10.0. The first kappa shape index (κ1) is 16.0. The molecule has 0 spiro atoms. The summed E-state index contributed by atoms with van der Waals surface area (Å²) in [4.78, 5) is 24.4. The van der Waals surface area contributed by atoms with Gasteiger partial charge in [-0.1, -0.05) is 0 Å². The van der Waals surface area contributed by atoms with Gasteiger partial charge in [0, 0.05) is 4.47 Å². The van der Waals surface area contributed by atoms with E-state index in [0.717, 1.165) is 3.79 Å². The Balaban J connectivity index is 2.03. The third-order valence-electron chi connectivity index (χ3n) is 2.50. The zero-order valence-electron chi connectivity index (χ0n) is 10.8. The lowest BCUT2D eigenvalue weighted by Crippen LogP contribution is -2.41. The Morgan fingerprint density at radius 1 is 1.10 bits per heavy atom. The van der Waals surface area contributed by atoms with E-state index in [1.807, 2.05) is 0 Å². The first-order valence-electron chi connectivity index (χ1n) is 5.71. The van der Waals surface area contributed by atoms with E-state index in [4.69, 9.17) is 4.74 Å². The summed E-state index contributed by atoms with van der Waals surface area (Å²) in [5, 5.41) is 0. The monoisotopic (exact) mass is 432 g/mol. The zero-order valence-corrected chi connectivity index (χ0v) is 14.8. The quantitative estimate of drug-likeness (QED) is 0.729. The molecule has 0 saturated heterocycles. The molecule has 0 aliphatic rings. The lowest BCUT2D eigenvalue weighted by molar-refractivity contribution is 0.0848. The van der Waals surface area contributed by atoms with Gasteiger partial charge in [-0.3, -0.25) is 20.4 Å². The Labute approximate surface area is 141 Å². The molecule has 0 aliphatic heterocycles. The molecule has 2 rings (SSSR count). The SMILES string of the molecule is COc1ccc(Br)c(C(=O)NNC(=O)c2ccc(Br)s2)c1. The second-order valence-corrected chi connectivity index (χ2v) is 7.18. The van der Waals surface area contributed by atoms with Crippen molar-refractivity contribution < 1.29 is 14.3 Å². The molecule has 0 radical (unpaired) electrons. The molecule has 0 bridgehead atoms. The van der Waals surface area contributed by atoms with Gasteiger partial charge in [-0.15, -0.1) is 11.3 Å². The van der Waals surface area contributed by atoms with Crippen molar-refractivity contribution in [1.29, 1.82) is 0 Å². The third-order valence-corrected chi connectivity index (χ3v) is 4.82. The van der Waals surface area contributed by atoms with Crippen molar-refractivity contribution in [2.75, 3.05) is 7.11 Å². The van der Waals surface area contributed by atoms with E-state index < -0.39 is 5.91 Å². The molecule has 8 heteroatoms. The number of amides is 2. The van der Waals surface area contributed by atoms with Crippen molar-refractivity contribution in [1.82, 2.24) is 10.9 Å². The van der Waals surface area contributed by atoms with Crippen molar-refractivity contribution in [3.8, 4) is 5.75 Å². The van der Waals surface area contributed by atoms with Crippen LogP contribution in [-0.2, 0) is 0 Å². The smallest absolute Gasteiger partial charge is 0.279 e. The van der Waals surface area contributed by atoms with Gasteiger partial charge in [-0.05, 0) is 62.2 Å². The minimum Gasteiger partial charge on any atom is -0.497 e. The fourth-order valence-electron chi connectivity index (χ4n) is 1.48. The summed E-state index contributed by atoms with van der Waals surface area (Å²) < 4.78 is 6.51. The summed E-state index contributed by atoms with van der Waals surface area (Å²) in [6, 6.07) is 8.43. The number of nitrogens with one attached hydrogen (secondary N) is 2. The van der Waals surface area contributed by atoms with Crippen LogP contribution in [0.4, 0.5) is 0 Å². The van der Waals surface area contributed by atoms with Crippen LogP contribution in [0.2, 0.25) is 0 Å². The molecular weight excluding hydrogens is 424 g/mol. The summed E-state index contributed by atoms with van der Waals surface area (Å²) >= 11 is 7.83. The van der Waals surface area contributed by atoms with Crippen LogP contribution in [0.3, 0.4) is 0 Å². The van der Waals surface area contributed by atoms with Gasteiger partial charge < -0.3 is 4.74 Å². The van der Waals surface area contributed by atoms with E-state index in [1.54, 1.807) is 30.3 Å². The Kier molecular flexibility index (Phi) is 5.38. The average molecular weight is 434 g/mol. The number of hydrogen-bond donors (Lipinski definition) is 2. The molecule has 1 heterocycles. The standard InChI is InChI=1S/C13H10Br2N2O3S/c1-20-7-2-3-9(14)8(6-7)12(18)16-17-13(19)10-4-5-11(15)21-10/h2-6H,1H3,(H,16,18)(H,17,19). The fraction of sp³-hybridized carbons (Fsp3) is 0.0769. The molecule has 0 unspecified atom stereocenters. The predicted octanol–water partition coefficient (Wildman–Crippen LogP) is 3.36. The first-order valence-corrected chi connectivity index (χ1v) is 8.11. The van der Waals surface area contributed by atoms with Crippen LogP contribution in [0, 0.1) is 0 Å². The number of benzene rings is 1. The number of hydrogen-bond acceptors (Lipinski definition) is 4. The third kappa shape index (κ3) is 4.05. The van der Waals surface area contributed by atoms with E-state index in [2.05, 4.69) is 42.7 Å². The highest BCUT2D eigenvalue weighted by Crippen LogP contribution is 2.23. The van der Waals surface area contributed by atoms with Crippen LogP contribution < -0.4 is 15.6 Å². The number of carbonyl (C=O) groups excluding carboxylic acids is 2. The molecule has 2 N–H and O–H groups in total. The van der Waals surface area contributed by atoms with Gasteiger partial charge >= 0.3 is 0 Å². The Morgan fingerprint density at radius 3 is 2.43 bits per heavy atom. The van der Waals surface area contributed by atoms with Gasteiger partial charge in [-0.25, -0.2) is 0 Å². The van der Waals surface area contributed by atoms with E-state index in [1.165, 1.54) is 18.4 Å². The molecule has 0 aliphatic carbocycles. The molecule has 0 atom stereocenters. The van der Waals surface area contributed by atoms with Crippen LogP contribution in [0.15, 0.2) is 38.6 Å². The van der Waals surface area contributed by atoms with Gasteiger partial charge in [0.1, 0.15) is 5.75 Å². The molecular formula is C13H10Br2N2O3S. The molecule has 21 heavy (non-hydrogen) atoms. The molecule has 2 amide bonds. The number of ether oxygens (including phenoxy) is 1. The largest absolute Gasteiger partial charge is 0.497 e. The second kappa shape index (κ2) is 7.06. The van der Waals surface area contributed by atoms with E-state index >= 15 is 0 Å². The number of halogens is 2. The number of methoxy groups -OCH3 is 1. The van der Waals surface area contributed by atoms with Crippen molar-refractivity contribution >= 4 is 55.0 Å². The van der Waals surface area contributed by atoms with E-state index in [9.17, 15) is 9.59 Å².